The standard InChI is InChI=1S/C20H12N2O4S2/c1-11-14-10-17(27-18(14)22(21-11)12-5-3-2-4-6-12)19(23)25-13-7-8-16-15(9-13)26-20(24)28-16/h2-10H,1H3. The van der Waals surface area contributed by atoms with Crippen LogP contribution < -0.4 is 9.68 Å². The molecule has 0 aliphatic rings. The Morgan fingerprint density at radius 3 is 2.75 bits per heavy atom. The van der Waals surface area contributed by atoms with Gasteiger partial charge < -0.3 is 9.15 Å². The van der Waals surface area contributed by atoms with Gasteiger partial charge in [0.2, 0.25) is 0 Å². The van der Waals surface area contributed by atoms with Crippen molar-refractivity contribution in [3.05, 3.63) is 74.9 Å². The summed E-state index contributed by atoms with van der Waals surface area (Å²) in [4.78, 5) is 25.0. The van der Waals surface area contributed by atoms with Gasteiger partial charge in [0.25, 0.3) is 0 Å². The fourth-order valence-electron chi connectivity index (χ4n) is 2.97. The van der Waals surface area contributed by atoms with Gasteiger partial charge in [0.05, 0.1) is 16.1 Å². The number of carbonyl (C=O) groups is 1. The monoisotopic (exact) mass is 408 g/mol. The van der Waals surface area contributed by atoms with Crippen molar-refractivity contribution in [2.45, 2.75) is 6.92 Å². The summed E-state index contributed by atoms with van der Waals surface area (Å²) < 4.78 is 13.1. The van der Waals surface area contributed by atoms with Crippen LogP contribution in [0.4, 0.5) is 0 Å². The number of nitrogens with zero attached hydrogens (tertiary/aromatic N) is 2. The molecule has 5 aromatic rings. The minimum atomic E-state index is -0.461. The molecule has 138 valence electrons. The van der Waals surface area contributed by atoms with Crippen LogP contribution in [0.25, 0.3) is 26.2 Å². The summed E-state index contributed by atoms with van der Waals surface area (Å²) in [6, 6.07) is 16.5. The molecule has 28 heavy (non-hydrogen) atoms. The van der Waals surface area contributed by atoms with E-state index in [-0.39, 0.29) is 4.94 Å². The van der Waals surface area contributed by atoms with Crippen molar-refractivity contribution in [3.63, 3.8) is 0 Å². The third-order valence-corrected chi connectivity index (χ3v) is 6.16. The van der Waals surface area contributed by atoms with Crippen molar-refractivity contribution < 1.29 is 13.9 Å². The van der Waals surface area contributed by atoms with Crippen molar-refractivity contribution in [1.29, 1.82) is 0 Å². The Hall–Kier alpha value is -3.23. The number of ether oxygens (including phenoxy) is 1. The third-order valence-electron chi connectivity index (χ3n) is 4.26. The van der Waals surface area contributed by atoms with Crippen molar-refractivity contribution in [1.82, 2.24) is 9.78 Å². The van der Waals surface area contributed by atoms with Crippen LogP contribution in [0.2, 0.25) is 0 Å². The Balaban J connectivity index is 1.50. The van der Waals surface area contributed by atoms with E-state index in [0.717, 1.165) is 32.9 Å². The molecule has 0 bridgehead atoms. The zero-order chi connectivity index (χ0) is 19.3. The summed E-state index contributed by atoms with van der Waals surface area (Å²) in [5.41, 5.74) is 2.18. The van der Waals surface area contributed by atoms with E-state index in [1.54, 1.807) is 24.3 Å². The molecule has 0 unspecified atom stereocenters. The average molecular weight is 408 g/mol. The third kappa shape index (κ3) is 2.83. The normalized spacial score (nSPS) is 11.3. The average Bonchev–Trinajstić information content (AvgIpc) is 3.36. The summed E-state index contributed by atoms with van der Waals surface area (Å²) in [7, 11) is 0. The Bertz CT molecular complexity index is 1390. The van der Waals surface area contributed by atoms with Gasteiger partial charge in [-0.3, -0.25) is 0 Å². The number of esters is 1. The fourth-order valence-corrected chi connectivity index (χ4v) is 4.67. The van der Waals surface area contributed by atoms with E-state index < -0.39 is 5.97 Å². The first-order valence-electron chi connectivity index (χ1n) is 8.39. The number of para-hydroxylation sites is 1. The molecule has 0 radical (unpaired) electrons. The molecule has 8 heteroatoms. The van der Waals surface area contributed by atoms with Crippen molar-refractivity contribution in [2.75, 3.05) is 0 Å². The van der Waals surface area contributed by atoms with E-state index in [9.17, 15) is 9.59 Å². The molecule has 0 N–H and O–H groups in total. The van der Waals surface area contributed by atoms with Crippen LogP contribution >= 0.6 is 22.7 Å². The molecular formula is C20H12N2O4S2. The van der Waals surface area contributed by atoms with Crippen molar-refractivity contribution >= 4 is 49.1 Å². The minimum absolute atomic E-state index is 0.331. The van der Waals surface area contributed by atoms with E-state index in [4.69, 9.17) is 9.15 Å². The first-order chi connectivity index (χ1) is 13.6. The molecule has 2 aromatic carbocycles. The lowest BCUT2D eigenvalue weighted by Crippen LogP contribution is -2.06. The van der Waals surface area contributed by atoms with Crippen LogP contribution in [0.3, 0.4) is 0 Å². The van der Waals surface area contributed by atoms with Crippen LogP contribution in [0, 0.1) is 6.92 Å². The first-order valence-corrected chi connectivity index (χ1v) is 10.0. The summed E-state index contributed by atoms with van der Waals surface area (Å²) in [5, 5.41) is 5.49. The quantitative estimate of drug-likeness (QED) is 0.317. The zero-order valence-electron chi connectivity index (χ0n) is 14.5. The molecule has 3 heterocycles. The van der Waals surface area contributed by atoms with E-state index in [1.807, 2.05) is 41.9 Å². The Labute approximate surface area is 166 Å². The topological polar surface area (TPSA) is 74.3 Å². The smallest absolute Gasteiger partial charge is 0.396 e. The number of thiophene rings is 1. The molecule has 0 atom stereocenters. The summed E-state index contributed by atoms with van der Waals surface area (Å²) in [6.45, 7) is 1.91. The first kappa shape index (κ1) is 16.9. The number of fused-ring (bicyclic) bond motifs is 2. The van der Waals surface area contributed by atoms with E-state index in [1.165, 1.54) is 11.3 Å². The second-order valence-corrected chi connectivity index (χ2v) is 8.12. The molecule has 0 spiro atoms. The number of carbonyl (C=O) groups excluding carboxylic acids is 1. The predicted octanol–water partition coefficient (Wildman–Crippen LogP) is 4.78. The van der Waals surface area contributed by atoms with Crippen LogP contribution in [0.1, 0.15) is 15.4 Å². The molecule has 3 aromatic heterocycles. The highest BCUT2D eigenvalue weighted by Gasteiger charge is 2.19. The lowest BCUT2D eigenvalue weighted by molar-refractivity contribution is 0.0740. The van der Waals surface area contributed by atoms with Crippen LogP contribution in [-0.4, -0.2) is 15.7 Å². The lowest BCUT2D eigenvalue weighted by atomic mass is 10.3. The molecule has 0 saturated heterocycles. The maximum absolute atomic E-state index is 12.7. The lowest BCUT2D eigenvalue weighted by Gasteiger charge is -2.03. The van der Waals surface area contributed by atoms with Crippen LogP contribution in [-0.2, 0) is 0 Å². The number of hydrogen-bond acceptors (Lipinski definition) is 7. The second kappa shape index (κ2) is 6.43. The molecule has 0 fully saturated rings. The van der Waals surface area contributed by atoms with Gasteiger partial charge >= 0.3 is 10.9 Å². The number of benzene rings is 2. The van der Waals surface area contributed by atoms with E-state index in [0.29, 0.717) is 20.9 Å². The molecule has 6 nitrogen and oxygen atoms in total. The highest BCUT2D eigenvalue weighted by Crippen LogP contribution is 2.31. The van der Waals surface area contributed by atoms with E-state index in [2.05, 4.69) is 5.10 Å². The summed E-state index contributed by atoms with van der Waals surface area (Å²) in [5.74, 6) is -0.130. The Morgan fingerprint density at radius 2 is 1.93 bits per heavy atom. The molecule has 5 rings (SSSR count). The highest BCUT2D eigenvalue weighted by atomic mass is 32.1. The molecule has 0 aliphatic heterocycles. The van der Waals surface area contributed by atoms with Gasteiger partial charge in [0.1, 0.15) is 15.5 Å². The summed E-state index contributed by atoms with van der Waals surface area (Å²) in [6.07, 6.45) is 0. The Morgan fingerprint density at radius 1 is 1.11 bits per heavy atom. The maximum atomic E-state index is 12.7. The van der Waals surface area contributed by atoms with Gasteiger partial charge in [-0.1, -0.05) is 29.5 Å². The number of aromatic nitrogens is 2. The molecular weight excluding hydrogens is 396 g/mol. The largest absolute Gasteiger partial charge is 0.422 e. The van der Waals surface area contributed by atoms with E-state index >= 15 is 0 Å². The van der Waals surface area contributed by atoms with Gasteiger partial charge in [-0.25, -0.2) is 14.3 Å². The second-order valence-electron chi connectivity index (χ2n) is 6.11. The minimum Gasteiger partial charge on any atom is -0.422 e. The van der Waals surface area contributed by atoms with Crippen molar-refractivity contribution in [2.24, 2.45) is 0 Å². The molecule has 0 saturated carbocycles. The SMILES string of the molecule is Cc1nn(-c2ccccc2)c2sc(C(=O)Oc3ccc4sc(=O)oc4c3)cc12. The zero-order valence-corrected chi connectivity index (χ0v) is 16.2. The van der Waals surface area contributed by atoms with Gasteiger partial charge in [-0.2, -0.15) is 5.10 Å². The number of rotatable bonds is 3. The summed E-state index contributed by atoms with van der Waals surface area (Å²) >= 11 is 2.34. The Kier molecular flexibility index (Phi) is 3.88. The predicted molar refractivity (Wildman–Crippen MR) is 109 cm³/mol. The van der Waals surface area contributed by atoms with Crippen molar-refractivity contribution in [3.8, 4) is 11.4 Å². The molecule has 0 aliphatic carbocycles. The maximum Gasteiger partial charge on any atom is 0.396 e. The number of aryl methyl sites for hydroxylation is 1. The van der Waals surface area contributed by atoms with Crippen LogP contribution in [0.5, 0.6) is 5.75 Å². The fraction of sp³-hybridized carbons (Fsp3) is 0.0500. The highest BCUT2D eigenvalue weighted by molar-refractivity contribution is 7.20. The number of hydrogen-bond donors (Lipinski definition) is 0. The molecule has 0 amide bonds. The van der Waals surface area contributed by atoms with Crippen LogP contribution in [0.15, 0.2) is 63.8 Å². The van der Waals surface area contributed by atoms with Gasteiger partial charge in [-0.15, -0.1) is 11.3 Å². The van der Waals surface area contributed by atoms with Gasteiger partial charge in [0, 0.05) is 11.5 Å². The van der Waals surface area contributed by atoms with Gasteiger partial charge in [0.15, 0.2) is 5.58 Å². The van der Waals surface area contributed by atoms with Gasteiger partial charge in [-0.05, 0) is 37.3 Å².